The van der Waals surface area contributed by atoms with Gasteiger partial charge in [0.1, 0.15) is 5.82 Å². The van der Waals surface area contributed by atoms with E-state index in [4.69, 9.17) is 5.73 Å². The third-order valence-corrected chi connectivity index (χ3v) is 3.17. The van der Waals surface area contributed by atoms with Crippen LogP contribution in [0.15, 0.2) is 24.3 Å². The van der Waals surface area contributed by atoms with Gasteiger partial charge in [0.15, 0.2) is 0 Å². The van der Waals surface area contributed by atoms with Crippen LogP contribution >= 0.6 is 0 Å². The number of carbonyl (C=O) groups excluding carboxylic acids is 1. The van der Waals surface area contributed by atoms with Gasteiger partial charge < -0.3 is 10.6 Å². The molecule has 1 aromatic rings. The van der Waals surface area contributed by atoms with Gasteiger partial charge in [-0.15, -0.1) is 0 Å². The summed E-state index contributed by atoms with van der Waals surface area (Å²) in [5, 5.41) is 0. The van der Waals surface area contributed by atoms with E-state index < -0.39 is 6.03 Å². The zero-order valence-corrected chi connectivity index (χ0v) is 9.19. The van der Waals surface area contributed by atoms with Crippen LogP contribution in [0.25, 0.3) is 0 Å². The first-order valence-corrected chi connectivity index (χ1v) is 5.41. The molecular weight excluding hydrogens is 207 g/mol. The van der Waals surface area contributed by atoms with Gasteiger partial charge in [0.05, 0.1) is 6.04 Å². The summed E-state index contributed by atoms with van der Waals surface area (Å²) in [5.74, 6) is 0.0373. The summed E-state index contributed by atoms with van der Waals surface area (Å²) in [6.07, 6.45) is 0.907. The number of primary amides is 1. The Labute approximate surface area is 94.0 Å². The maximum Gasteiger partial charge on any atom is 0.315 e. The minimum absolute atomic E-state index is 0.0896. The highest BCUT2D eigenvalue weighted by Crippen LogP contribution is 2.36. The van der Waals surface area contributed by atoms with Crippen molar-refractivity contribution in [1.82, 2.24) is 4.90 Å². The van der Waals surface area contributed by atoms with Crippen LogP contribution in [0.2, 0.25) is 0 Å². The van der Waals surface area contributed by atoms with E-state index in [1.165, 1.54) is 12.1 Å². The van der Waals surface area contributed by atoms with Crippen molar-refractivity contribution in [3.63, 3.8) is 0 Å². The van der Waals surface area contributed by atoms with Crippen LogP contribution in [0.4, 0.5) is 9.18 Å². The Hall–Kier alpha value is -1.58. The summed E-state index contributed by atoms with van der Waals surface area (Å²) in [5.41, 5.74) is 6.14. The van der Waals surface area contributed by atoms with Crippen LogP contribution < -0.4 is 5.73 Å². The summed E-state index contributed by atoms with van der Waals surface area (Å²) in [4.78, 5) is 12.9. The van der Waals surface area contributed by atoms with Crippen LogP contribution in [0.3, 0.4) is 0 Å². The predicted molar refractivity (Wildman–Crippen MR) is 59.2 cm³/mol. The molecule has 4 heteroatoms. The largest absolute Gasteiger partial charge is 0.351 e. The minimum atomic E-state index is -0.432. The Bertz CT molecular complexity index is 408. The van der Waals surface area contributed by atoms with Crippen LogP contribution in [0.1, 0.15) is 24.9 Å². The van der Waals surface area contributed by atoms with Gasteiger partial charge in [-0.25, -0.2) is 9.18 Å². The molecular formula is C12H15FN2O. The lowest BCUT2D eigenvalue weighted by molar-refractivity contribution is 0.197. The Balaban J connectivity index is 2.33. The number of nitrogens with zero attached hydrogens (tertiary/aromatic N) is 1. The molecule has 0 aliphatic carbocycles. The number of hydrogen-bond donors (Lipinski definition) is 1. The molecule has 0 aromatic heterocycles. The molecule has 1 aliphatic heterocycles. The Morgan fingerprint density at radius 1 is 1.56 bits per heavy atom. The fourth-order valence-electron chi connectivity index (χ4n) is 2.39. The van der Waals surface area contributed by atoms with Crippen molar-refractivity contribution >= 4 is 6.03 Å². The molecule has 3 nitrogen and oxygen atoms in total. The fraction of sp³-hybridized carbons (Fsp3) is 0.417. The molecule has 0 radical (unpaired) electrons. The van der Waals surface area contributed by atoms with E-state index in [1.54, 1.807) is 11.0 Å². The molecule has 1 aliphatic rings. The van der Waals surface area contributed by atoms with Gasteiger partial charge in [-0.3, -0.25) is 0 Å². The molecule has 2 rings (SSSR count). The molecule has 2 N–H and O–H groups in total. The number of benzene rings is 1. The van der Waals surface area contributed by atoms with Crippen molar-refractivity contribution < 1.29 is 9.18 Å². The first-order chi connectivity index (χ1) is 7.59. The number of hydrogen-bond acceptors (Lipinski definition) is 1. The number of nitrogens with two attached hydrogens (primary N) is 1. The summed E-state index contributed by atoms with van der Waals surface area (Å²) < 4.78 is 13.1. The quantitative estimate of drug-likeness (QED) is 0.778. The van der Waals surface area contributed by atoms with E-state index in [2.05, 4.69) is 6.92 Å². The lowest BCUT2D eigenvalue weighted by Gasteiger charge is -2.25. The van der Waals surface area contributed by atoms with Crippen molar-refractivity contribution in [1.29, 1.82) is 0 Å². The maximum atomic E-state index is 13.1. The Morgan fingerprint density at radius 2 is 2.31 bits per heavy atom. The maximum absolute atomic E-state index is 13.1. The molecule has 1 saturated heterocycles. The van der Waals surface area contributed by atoms with Crippen molar-refractivity contribution in [2.75, 3.05) is 6.54 Å². The number of halogens is 1. The van der Waals surface area contributed by atoms with E-state index in [1.807, 2.05) is 6.07 Å². The van der Waals surface area contributed by atoms with Gasteiger partial charge in [-0.2, -0.15) is 0 Å². The standard InChI is InChI=1S/C12H15FN2O/c1-8-5-6-15(12(14)16)11(8)9-3-2-4-10(13)7-9/h2-4,7-8,11H,5-6H2,1H3,(H2,14,16). The van der Waals surface area contributed by atoms with Gasteiger partial charge in [0.2, 0.25) is 0 Å². The first-order valence-electron chi connectivity index (χ1n) is 5.41. The Kier molecular flexibility index (Phi) is 2.81. The molecule has 0 spiro atoms. The lowest BCUT2D eigenvalue weighted by Crippen LogP contribution is -2.36. The van der Waals surface area contributed by atoms with Crippen molar-refractivity contribution in [2.24, 2.45) is 11.7 Å². The average Bonchev–Trinajstić information content (AvgIpc) is 2.60. The number of rotatable bonds is 1. The smallest absolute Gasteiger partial charge is 0.315 e. The van der Waals surface area contributed by atoms with Crippen LogP contribution in [0, 0.1) is 11.7 Å². The van der Waals surface area contributed by atoms with Gasteiger partial charge >= 0.3 is 6.03 Å². The lowest BCUT2D eigenvalue weighted by atomic mass is 9.95. The second kappa shape index (κ2) is 4.12. The topological polar surface area (TPSA) is 46.3 Å². The zero-order chi connectivity index (χ0) is 11.7. The van der Waals surface area contributed by atoms with Crippen LogP contribution in [0.5, 0.6) is 0 Å². The average molecular weight is 222 g/mol. The highest BCUT2D eigenvalue weighted by molar-refractivity contribution is 5.73. The number of urea groups is 1. The van der Waals surface area contributed by atoms with E-state index in [0.717, 1.165) is 12.0 Å². The molecule has 1 aromatic carbocycles. The number of carbonyl (C=O) groups is 1. The van der Waals surface area contributed by atoms with E-state index in [0.29, 0.717) is 12.5 Å². The molecule has 2 atom stereocenters. The fourth-order valence-corrected chi connectivity index (χ4v) is 2.39. The predicted octanol–water partition coefficient (Wildman–Crippen LogP) is 2.29. The third-order valence-electron chi connectivity index (χ3n) is 3.17. The number of likely N-dealkylation sites (tertiary alicyclic amines) is 1. The van der Waals surface area contributed by atoms with Gasteiger partial charge in [0, 0.05) is 6.54 Å². The van der Waals surface area contributed by atoms with E-state index >= 15 is 0 Å². The second-order valence-corrected chi connectivity index (χ2v) is 4.30. The molecule has 2 unspecified atom stereocenters. The van der Waals surface area contributed by atoms with Crippen LogP contribution in [-0.2, 0) is 0 Å². The monoisotopic (exact) mass is 222 g/mol. The van der Waals surface area contributed by atoms with E-state index in [-0.39, 0.29) is 11.9 Å². The van der Waals surface area contributed by atoms with Gasteiger partial charge in [-0.1, -0.05) is 19.1 Å². The molecule has 0 saturated carbocycles. The highest BCUT2D eigenvalue weighted by Gasteiger charge is 2.34. The third kappa shape index (κ3) is 1.87. The van der Waals surface area contributed by atoms with Crippen LogP contribution in [-0.4, -0.2) is 17.5 Å². The zero-order valence-electron chi connectivity index (χ0n) is 9.19. The molecule has 1 heterocycles. The SMILES string of the molecule is CC1CCN(C(N)=O)C1c1cccc(F)c1. The number of amides is 2. The molecule has 0 bridgehead atoms. The van der Waals surface area contributed by atoms with E-state index in [9.17, 15) is 9.18 Å². The molecule has 2 amide bonds. The van der Waals surface area contributed by atoms with Gasteiger partial charge in [-0.05, 0) is 30.0 Å². The summed E-state index contributed by atoms with van der Waals surface area (Å²) in [6, 6.07) is 5.85. The normalized spacial score (nSPS) is 24.8. The van der Waals surface area contributed by atoms with Crippen molar-refractivity contribution in [3.8, 4) is 0 Å². The highest BCUT2D eigenvalue weighted by atomic mass is 19.1. The Morgan fingerprint density at radius 3 is 2.94 bits per heavy atom. The summed E-state index contributed by atoms with van der Waals surface area (Å²) in [6.45, 7) is 2.70. The van der Waals surface area contributed by atoms with Crippen molar-refractivity contribution in [3.05, 3.63) is 35.6 Å². The molecule has 16 heavy (non-hydrogen) atoms. The summed E-state index contributed by atoms with van der Waals surface area (Å²) in [7, 11) is 0. The van der Waals surface area contributed by atoms with Crippen molar-refractivity contribution in [2.45, 2.75) is 19.4 Å². The second-order valence-electron chi connectivity index (χ2n) is 4.30. The van der Waals surface area contributed by atoms with Gasteiger partial charge in [0.25, 0.3) is 0 Å². The summed E-state index contributed by atoms with van der Waals surface area (Å²) >= 11 is 0. The minimum Gasteiger partial charge on any atom is -0.351 e. The molecule has 86 valence electrons. The molecule has 1 fully saturated rings. The first kappa shape index (κ1) is 10.9.